The molecule has 3 rings (SSSR count). The van der Waals surface area contributed by atoms with Crippen LogP contribution >= 0.6 is 12.2 Å². The monoisotopic (exact) mass is 331 g/mol. The Labute approximate surface area is 140 Å². The van der Waals surface area contributed by atoms with Crippen LogP contribution in [-0.4, -0.2) is 32.6 Å². The SMILES string of the molecule is CCCCN1CNc2c(c(=O)[nH]c(=S)n2-c2cccc(C)n2)C1. The first-order chi connectivity index (χ1) is 11.1. The van der Waals surface area contributed by atoms with Gasteiger partial charge >= 0.3 is 0 Å². The van der Waals surface area contributed by atoms with Crippen LogP contribution in [0.4, 0.5) is 5.82 Å². The van der Waals surface area contributed by atoms with Gasteiger partial charge in [0.1, 0.15) is 11.6 Å². The number of hydrogen-bond acceptors (Lipinski definition) is 5. The van der Waals surface area contributed by atoms with Crippen molar-refractivity contribution in [2.24, 2.45) is 0 Å². The lowest BCUT2D eigenvalue weighted by molar-refractivity contribution is 0.268. The zero-order valence-electron chi connectivity index (χ0n) is 13.4. The van der Waals surface area contributed by atoms with Gasteiger partial charge in [-0.2, -0.15) is 0 Å². The molecule has 2 aromatic rings. The quantitative estimate of drug-likeness (QED) is 0.843. The van der Waals surface area contributed by atoms with E-state index in [1.165, 1.54) is 0 Å². The minimum absolute atomic E-state index is 0.123. The fraction of sp³-hybridized carbons (Fsp3) is 0.438. The summed E-state index contributed by atoms with van der Waals surface area (Å²) in [5, 5.41) is 3.35. The highest BCUT2D eigenvalue weighted by molar-refractivity contribution is 7.71. The van der Waals surface area contributed by atoms with Gasteiger partial charge in [0.15, 0.2) is 4.77 Å². The fourth-order valence-corrected chi connectivity index (χ4v) is 3.06. The Bertz CT molecular complexity index is 826. The third kappa shape index (κ3) is 3.20. The van der Waals surface area contributed by atoms with E-state index in [2.05, 4.69) is 27.1 Å². The van der Waals surface area contributed by atoms with E-state index in [9.17, 15) is 4.79 Å². The molecule has 0 spiro atoms. The summed E-state index contributed by atoms with van der Waals surface area (Å²) in [6, 6.07) is 5.77. The van der Waals surface area contributed by atoms with Crippen LogP contribution in [0.5, 0.6) is 0 Å². The maximum Gasteiger partial charge on any atom is 0.258 e. The fourth-order valence-electron chi connectivity index (χ4n) is 2.78. The standard InChI is InChI=1S/C16H21N5OS/c1-3-4-8-20-9-12-14(17-10-20)21(16(23)19-15(12)22)13-7-5-6-11(2)18-13/h5-7,17H,3-4,8-10H2,1-2H3,(H,19,22,23). The predicted octanol–water partition coefficient (Wildman–Crippen LogP) is 2.58. The number of anilines is 1. The molecule has 122 valence electrons. The number of hydrogen-bond donors (Lipinski definition) is 2. The zero-order valence-corrected chi connectivity index (χ0v) is 14.2. The smallest absolute Gasteiger partial charge is 0.258 e. The van der Waals surface area contributed by atoms with Gasteiger partial charge in [0.05, 0.1) is 12.2 Å². The summed E-state index contributed by atoms with van der Waals surface area (Å²) in [5.74, 6) is 1.47. The van der Waals surface area contributed by atoms with E-state index in [1.807, 2.05) is 29.7 Å². The second-order valence-electron chi connectivity index (χ2n) is 5.80. The lowest BCUT2D eigenvalue weighted by Gasteiger charge is -2.30. The summed E-state index contributed by atoms with van der Waals surface area (Å²) >= 11 is 5.36. The largest absolute Gasteiger partial charge is 0.358 e. The molecule has 3 heterocycles. The highest BCUT2D eigenvalue weighted by Gasteiger charge is 2.22. The summed E-state index contributed by atoms with van der Waals surface area (Å²) in [7, 11) is 0. The number of unbranched alkanes of at least 4 members (excludes halogenated alkanes) is 1. The molecule has 23 heavy (non-hydrogen) atoms. The number of pyridine rings is 1. The number of nitrogens with one attached hydrogen (secondary N) is 2. The molecule has 0 amide bonds. The minimum Gasteiger partial charge on any atom is -0.358 e. The number of aromatic nitrogens is 3. The van der Waals surface area contributed by atoms with E-state index in [0.717, 1.165) is 36.7 Å². The number of aryl methyl sites for hydroxylation is 1. The second kappa shape index (κ2) is 6.64. The van der Waals surface area contributed by atoms with Gasteiger partial charge in [0, 0.05) is 18.8 Å². The van der Waals surface area contributed by atoms with Crippen molar-refractivity contribution in [3.05, 3.63) is 44.6 Å². The van der Waals surface area contributed by atoms with Crippen molar-refractivity contribution in [3.63, 3.8) is 0 Å². The lowest BCUT2D eigenvalue weighted by Crippen LogP contribution is -2.39. The van der Waals surface area contributed by atoms with Crippen LogP contribution in [0.1, 0.15) is 31.0 Å². The first-order valence-electron chi connectivity index (χ1n) is 7.88. The topological polar surface area (TPSA) is 66.0 Å². The average molecular weight is 331 g/mol. The molecule has 6 nitrogen and oxygen atoms in total. The van der Waals surface area contributed by atoms with Crippen LogP contribution in [0.15, 0.2) is 23.0 Å². The highest BCUT2D eigenvalue weighted by Crippen LogP contribution is 2.22. The Balaban J connectivity index is 2.07. The van der Waals surface area contributed by atoms with Gasteiger partial charge in [-0.1, -0.05) is 19.4 Å². The molecular weight excluding hydrogens is 310 g/mol. The first kappa shape index (κ1) is 15.9. The molecule has 0 bridgehead atoms. The maximum absolute atomic E-state index is 12.3. The Morgan fingerprint density at radius 1 is 1.39 bits per heavy atom. The van der Waals surface area contributed by atoms with Gasteiger partial charge in [-0.15, -0.1) is 0 Å². The van der Waals surface area contributed by atoms with Crippen LogP contribution < -0.4 is 10.9 Å². The number of fused-ring (bicyclic) bond motifs is 1. The summed E-state index contributed by atoms with van der Waals surface area (Å²) in [4.78, 5) is 21.9. The molecule has 1 aliphatic rings. The highest BCUT2D eigenvalue weighted by atomic mass is 32.1. The average Bonchev–Trinajstić information content (AvgIpc) is 2.53. The Morgan fingerprint density at radius 3 is 2.96 bits per heavy atom. The molecule has 0 fully saturated rings. The lowest BCUT2D eigenvalue weighted by atomic mass is 10.2. The third-order valence-electron chi connectivity index (χ3n) is 3.99. The van der Waals surface area contributed by atoms with Gasteiger partial charge in [-0.05, 0) is 37.7 Å². The second-order valence-corrected chi connectivity index (χ2v) is 6.19. The van der Waals surface area contributed by atoms with Crippen LogP contribution in [-0.2, 0) is 6.54 Å². The summed E-state index contributed by atoms with van der Waals surface area (Å²) in [6.07, 6.45) is 2.26. The van der Waals surface area contributed by atoms with Crippen molar-refractivity contribution < 1.29 is 0 Å². The minimum atomic E-state index is -0.123. The van der Waals surface area contributed by atoms with Gasteiger partial charge in [0.25, 0.3) is 5.56 Å². The Morgan fingerprint density at radius 2 is 2.22 bits per heavy atom. The predicted molar refractivity (Wildman–Crippen MR) is 93.6 cm³/mol. The van der Waals surface area contributed by atoms with E-state index < -0.39 is 0 Å². The van der Waals surface area contributed by atoms with Crippen LogP contribution in [0, 0.1) is 11.7 Å². The summed E-state index contributed by atoms with van der Waals surface area (Å²) in [6.45, 7) is 6.40. The van der Waals surface area contributed by atoms with Crippen LogP contribution in [0.25, 0.3) is 5.82 Å². The maximum atomic E-state index is 12.3. The van der Waals surface area contributed by atoms with Gasteiger partial charge in [-0.3, -0.25) is 19.2 Å². The number of H-pyrrole nitrogens is 1. The molecule has 0 unspecified atom stereocenters. The number of nitrogens with zero attached hydrogens (tertiary/aromatic N) is 3. The van der Waals surface area contributed by atoms with E-state index >= 15 is 0 Å². The molecule has 0 aliphatic carbocycles. The first-order valence-corrected chi connectivity index (χ1v) is 8.29. The van der Waals surface area contributed by atoms with Crippen molar-refractivity contribution in [2.75, 3.05) is 18.5 Å². The molecule has 0 aromatic carbocycles. The molecule has 0 saturated heterocycles. The van der Waals surface area contributed by atoms with Crippen molar-refractivity contribution in [1.82, 2.24) is 19.4 Å². The molecule has 2 N–H and O–H groups in total. The molecule has 1 aliphatic heterocycles. The van der Waals surface area contributed by atoms with Gasteiger partial charge in [-0.25, -0.2) is 4.98 Å². The van der Waals surface area contributed by atoms with Crippen LogP contribution in [0.2, 0.25) is 0 Å². The Hall–Kier alpha value is -1.99. The summed E-state index contributed by atoms with van der Waals surface area (Å²) < 4.78 is 2.18. The Kier molecular flexibility index (Phi) is 4.58. The van der Waals surface area contributed by atoms with Gasteiger partial charge in [0.2, 0.25) is 0 Å². The zero-order chi connectivity index (χ0) is 16.4. The van der Waals surface area contributed by atoms with Crippen molar-refractivity contribution >= 4 is 18.0 Å². The van der Waals surface area contributed by atoms with Crippen molar-refractivity contribution in [2.45, 2.75) is 33.2 Å². The number of rotatable bonds is 4. The molecule has 0 atom stereocenters. The summed E-state index contributed by atoms with van der Waals surface area (Å²) in [5.41, 5.74) is 1.50. The normalized spacial score (nSPS) is 14.3. The van der Waals surface area contributed by atoms with E-state index in [0.29, 0.717) is 23.5 Å². The van der Waals surface area contributed by atoms with E-state index in [-0.39, 0.29) is 5.56 Å². The molecular formula is C16H21N5OS. The number of aromatic amines is 1. The van der Waals surface area contributed by atoms with Crippen LogP contribution in [0.3, 0.4) is 0 Å². The molecule has 0 saturated carbocycles. The van der Waals surface area contributed by atoms with E-state index in [1.54, 1.807) is 0 Å². The van der Waals surface area contributed by atoms with Gasteiger partial charge < -0.3 is 5.32 Å². The molecule has 2 aromatic heterocycles. The van der Waals surface area contributed by atoms with Crippen molar-refractivity contribution in [3.8, 4) is 5.82 Å². The van der Waals surface area contributed by atoms with Crippen molar-refractivity contribution in [1.29, 1.82) is 0 Å². The van der Waals surface area contributed by atoms with E-state index in [4.69, 9.17) is 12.2 Å². The third-order valence-corrected chi connectivity index (χ3v) is 4.27. The molecule has 0 radical (unpaired) electrons. The molecule has 7 heteroatoms.